The van der Waals surface area contributed by atoms with Crippen LogP contribution in [0.4, 0.5) is 4.39 Å². The van der Waals surface area contributed by atoms with Gasteiger partial charge >= 0.3 is 7.60 Å². The highest BCUT2D eigenvalue weighted by atomic mass is 31.2. The molecule has 0 aliphatic rings. The summed E-state index contributed by atoms with van der Waals surface area (Å²) in [5, 5.41) is 0. The van der Waals surface area contributed by atoms with E-state index in [0.29, 0.717) is 5.56 Å². The number of hydrogen-bond donors (Lipinski definition) is 1. The second-order valence-electron chi connectivity index (χ2n) is 4.79. The fourth-order valence-corrected chi connectivity index (χ4v) is 1.86. The van der Waals surface area contributed by atoms with Crippen LogP contribution in [0.25, 0.3) is 0 Å². The van der Waals surface area contributed by atoms with Gasteiger partial charge in [-0.3, -0.25) is 0 Å². The SMILES string of the molecule is CC(C)(C)c1ccc(OP(C)(=O)O)cc1F. The highest BCUT2D eigenvalue weighted by Gasteiger charge is 2.20. The second kappa shape index (κ2) is 4.19. The van der Waals surface area contributed by atoms with Gasteiger partial charge in [-0.15, -0.1) is 0 Å². The van der Waals surface area contributed by atoms with Crippen molar-refractivity contribution in [2.24, 2.45) is 0 Å². The van der Waals surface area contributed by atoms with Crippen LogP contribution >= 0.6 is 7.60 Å². The summed E-state index contributed by atoms with van der Waals surface area (Å²) in [6, 6.07) is 4.20. The van der Waals surface area contributed by atoms with Gasteiger partial charge in [0.25, 0.3) is 0 Å². The molecular formula is C11H16FO3P. The van der Waals surface area contributed by atoms with Gasteiger partial charge in [0.2, 0.25) is 0 Å². The molecule has 0 aromatic heterocycles. The average molecular weight is 246 g/mol. The highest BCUT2D eigenvalue weighted by Crippen LogP contribution is 2.39. The van der Waals surface area contributed by atoms with Crippen molar-refractivity contribution in [2.75, 3.05) is 6.66 Å². The first-order valence-electron chi connectivity index (χ1n) is 4.89. The van der Waals surface area contributed by atoms with E-state index in [1.165, 1.54) is 6.07 Å². The number of rotatable bonds is 2. The summed E-state index contributed by atoms with van der Waals surface area (Å²) in [7, 11) is -3.63. The van der Waals surface area contributed by atoms with Gasteiger partial charge in [-0.25, -0.2) is 8.96 Å². The molecule has 3 nitrogen and oxygen atoms in total. The molecule has 0 aliphatic heterocycles. The molecule has 1 aromatic rings. The van der Waals surface area contributed by atoms with E-state index < -0.39 is 13.4 Å². The number of hydrogen-bond acceptors (Lipinski definition) is 2. The lowest BCUT2D eigenvalue weighted by molar-refractivity contribution is 0.386. The molecule has 0 heterocycles. The molecule has 1 aromatic carbocycles. The normalized spacial score (nSPS) is 15.6. The molecule has 5 heteroatoms. The Kier molecular flexibility index (Phi) is 3.46. The summed E-state index contributed by atoms with van der Waals surface area (Å²) in [6.07, 6.45) is 0. The van der Waals surface area contributed by atoms with Crippen LogP contribution in [-0.2, 0) is 9.98 Å². The molecule has 0 radical (unpaired) electrons. The van der Waals surface area contributed by atoms with Crippen molar-refractivity contribution < 1.29 is 18.4 Å². The van der Waals surface area contributed by atoms with Crippen LogP contribution in [0.3, 0.4) is 0 Å². The third-order valence-electron chi connectivity index (χ3n) is 2.02. The highest BCUT2D eigenvalue weighted by molar-refractivity contribution is 7.52. The van der Waals surface area contributed by atoms with Gasteiger partial charge in [-0.05, 0) is 17.0 Å². The molecule has 0 bridgehead atoms. The lowest BCUT2D eigenvalue weighted by Crippen LogP contribution is -2.13. The van der Waals surface area contributed by atoms with Gasteiger partial charge in [0, 0.05) is 12.7 Å². The van der Waals surface area contributed by atoms with Gasteiger partial charge in [0.05, 0.1) is 0 Å². The summed E-state index contributed by atoms with van der Waals surface area (Å²) in [5.41, 5.74) is 0.237. The van der Waals surface area contributed by atoms with Crippen LogP contribution in [0.1, 0.15) is 26.3 Å². The molecule has 0 spiro atoms. The van der Waals surface area contributed by atoms with Crippen molar-refractivity contribution in [3.8, 4) is 5.75 Å². The maximum atomic E-state index is 13.7. The Morgan fingerprint density at radius 2 is 1.94 bits per heavy atom. The predicted molar refractivity (Wildman–Crippen MR) is 61.5 cm³/mol. The van der Waals surface area contributed by atoms with Crippen molar-refractivity contribution >= 4 is 7.60 Å². The molecule has 1 N–H and O–H groups in total. The molecule has 0 saturated heterocycles. The fraction of sp³-hybridized carbons (Fsp3) is 0.455. The van der Waals surface area contributed by atoms with E-state index in [-0.39, 0.29) is 11.2 Å². The summed E-state index contributed by atoms with van der Waals surface area (Å²) >= 11 is 0. The first-order chi connectivity index (χ1) is 7.09. The van der Waals surface area contributed by atoms with E-state index in [0.717, 1.165) is 12.7 Å². The van der Waals surface area contributed by atoms with E-state index in [1.807, 2.05) is 20.8 Å². The Bertz CT molecular complexity index is 431. The quantitative estimate of drug-likeness (QED) is 0.814. The number of benzene rings is 1. The molecule has 0 aliphatic carbocycles. The first-order valence-corrected chi connectivity index (χ1v) is 6.92. The van der Waals surface area contributed by atoms with Crippen LogP contribution in [-0.4, -0.2) is 11.6 Å². The zero-order valence-corrected chi connectivity index (χ0v) is 10.7. The topological polar surface area (TPSA) is 46.5 Å². The lowest BCUT2D eigenvalue weighted by Gasteiger charge is -2.20. The Morgan fingerprint density at radius 3 is 2.31 bits per heavy atom. The zero-order valence-electron chi connectivity index (χ0n) is 9.82. The molecule has 1 unspecified atom stereocenters. The Balaban J connectivity index is 3.05. The fourth-order valence-electron chi connectivity index (χ4n) is 1.36. The van der Waals surface area contributed by atoms with Gasteiger partial charge in [0.1, 0.15) is 11.6 Å². The van der Waals surface area contributed by atoms with Gasteiger partial charge in [-0.1, -0.05) is 26.8 Å². The van der Waals surface area contributed by atoms with Crippen LogP contribution in [0.15, 0.2) is 18.2 Å². The van der Waals surface area contributed by atoms with Crippen molar-refractivity contribution in [3.05, 3.63) is 29.6 Å². The van der Waals surface area contributed by atoms with E-state index >= 15 is 0 Å². The van der Waals surface area contributed by atoms with E-state index in [4.69, 9.17) is 9.42 Å². The van der Waals surface area contributed by atoms with Crippen molar-refractivity contribution in [2.45, 2.75) is 26.2 Å². The summed E-state index contributed by atoms with van der Waals surface area (Å²) in [6.45, 7) is 6.73. The van der Waals surface area contributed by atoms with Crippen LogP contribution in [0.5, 0.6) is 5.75 Å². The van der Waals surface area contributed by atoms with Crippen molar-refractivity contribution in [1.29, 1.82) is 0 Å². The first kappa shape index (κ1) is 13.2. The Hall–Kier alpha value is -0.860. The van der Waals surface area contributed by atoms with Gasteiger partial charge in [0.15, 0.2) is 0 Å². The standard InChI is InChI=1S/C11H16FO3P/c1-11(2,3)9-6-5-8(7-10(9)12)15-16(4,13)14/h5-7H,1-4H3,(H,13,14). The van der Waals surface area contributed by atoms with Gasteiger partial charge in [-0.2, -0.15) is 0 Å². The van der Waals surface area contributed by atoms with Crippen LogP contribution in [0, 0.1) is 5.82 Å². The van der Waals surface area contributed by atoms with Crippen molar-refractivity contribution in [3.63, 3.8) is 0 Å². The number of halogens is 1. The summed E-state index contributed by atoms with van der Waals surface area (Å²) < 4.78 is 29.4. The van der Waals surface area contributed by atoms with Crippen LogP contribution in [0.2, 0.25) is 0 Å². The predicted octanol–water partition coefficient (Wildman–Crippen LogP) is 3.32. The second-order valence-corrected chi connectivity index (χ2v) is 6.57. The maximum absolute atomic E-state index is 13.7. The molecule has 0 fully saturated rings. The molecule has 16 heavy (non-hydrogen) atoms. The third-order valence-corrected chi connectivity index (χ3v) is 2.57. The smallest absolute Gasteiger partial charge is 0.373 e. The summed E-state index contributed by atoms with van der Waals surface area (Å²) in [4.78, 5) is 9.00. The molecule has 0 saturated carbocycles. The van der Waals surface area contributed by atoms with Crippen LogP contribution < -0.4 is 4.52 Å². The van der Waals surface area contributed by atoms with E-state index in [2.05, 4.69) is 0 Å². The molecule has 1 rings (SSSR count). The molecule has 1 atom stereocenters. The van der Waals surface area contributed by atoms with E-state index in [1.54, 1.807) is 6.07 Å². The molecular weight excluding hydrogens is 230 g/mol. The summed E-state index contributed by atoms with van der Waals surface area (Å²) in [5.74, 6) is -0.364. The minimum atomic E-state index is -3.63. The van der Waals surface area contributed by atoms with Gasteiger partial charge < -0.3 is 9.42 Å². The van der Waals surface area contributed by atoms with Crippen molar-refractivity contribution in [1.82, 2.24) is 0 Å². The minimum Gasteiger partial charge on any atom is -0.425 e. The molecule has 0 amide bonds. The van der Waals surface area contributed by atoms with E-state index in [9.17, 15) is 8.96 Å². The lowest BCUT2D eigenvalue weighted by atomic mass is 9.87. The third kappa shape index (κ3) is 3.62. The Labute approximate surface area is 94.8 Å². The molecule has 90 valence electrons. The minimum absolute atomic E-state index is 0.0684. The zero-order chi connectivity index (χ0) is 12.6. The largest absolute Gasteiger partial charge is 0.425 e. The Morgan fingerprint density at radius 1 is 1.38 bits per heavy atom. The monoisotopic (exact) mass is 246 g/mol. The average Bonchev–Trinajstić information content (AvgIpc) is 1.97. The maximum Gasteiger partial charge on any atom is 0.373 e.